The summed E-state index contributed by atoms with van der Waals surface area (Å²) in [4.78, 5) is 0. The van der Waals surface area contributed by atoms with Crippen LogP contribution in [-0.2, 0) is 0 Å². The molecule has 0 saturated heterocycles. The molecule has 3 nitrogen and oxygen atoms in total. The smallest absolute Gasteiger partial charge is 0.120 e. The van der Waals surface area contributed by atoms with Gasteiger partial charge in [-0.1, -0.05) is 208 Å². The zero-order valence-electron chi connectivity index (χ0n) is 30.5. The van der Waals surface area contributed by atoms with Gasteiger partial charge in [0.2, 0.25) is 0 Å². The Labute approximate surface area is 272 Å². The standard InChI is InChI=1S/C40H83NO2/c1-6-8-10-12-14-16-18-20-22-24-26-28-30-32-34-38(5)40(43,41-39(42)36-37(3)4)35-33-31-29-27-25-23-21-19-17-15-13-11-9-7-2/h37-39,41-43H,6-36H2,1-5H3. The molecule has 0 radical (unpaired) electrons. The van der Waals surface area contributed by atoms with Crippen LogP contribution in [0.25, 0.3) is 0 Å². The van der Waals surface area contributed by atoms with Gasteiger partial charge in [-0.2, -0.15) is 0 Å². The van der Waals surface area contributed by atoms with Gasteiger partial charge in [0.25, 0.3) is 0 Å². The zero-order valence-corrected chi connectivity index (χ0v) is 30.5. The van der Waals surface area contributed by atoms with Gasteiger partial charge in [-0.25, -0.2) is 0 Å². The average molecular weight is 610 g/mol. The van der Waals surface area contributed by atoms with E-state index in [1.807, 2.05) is 0 Å². The Morgan fingerprint density at radius 3 is 1.09 bits per heavy atom. The Bertz CT molecular complexity index is 539. The van der Waals surface area contributed by atoms with Gasteiger partial charge in [-0.3, -0.25) is 5.32 Å². The summed E-state index contributed by atoms with van der Waals surface area (Å²) in [5.74, 6) is 0.572. The summed E-state index contributed by atoms with van der Waals surface area (Å²) in [7, 11) is 0. The van der Waals surface area contributed by atoms with Crippen LogP contribution in [-0.4, -0.2) is 22.2 Å². The summed E-state index contributed by atoms with van der Waals surface area (Å²) in [5, 5.41) is 25.6. The largest absolute Gasteiger partial charge is 0.379 e. The van der Waals surface area contributed by atoms with Crippen LogP contribution in [0.2, 0.25) is 0 Å². The number of nitrogens with one attached hydrogen (secondary N) is 1. The SMILES string of the molecule is CCCCCCCCCCCCCCCCC(C)C(O)(CCCCCCCCCCCCCCCC)NC(O)CC(C)C. The first-order valence-corrected chi connectivity index (χ1v) is 20.0. The van der Waals surface area contributed by atoms with Crippen molar-refractivity contribution in [2.45, 2.75) is 246 Å². The molecule has 43 heavy (non-hydrogen) atoms. The van der Waals surface area contributed by atoms with Gasteiger partial charge in [0.05, 0.1) is 0 Å². The second-order valence-electron chi connectivity index (χ2n) is 14.8. The van der Waals surface area contributed by atoms with E-state index in [0.717, 1.165) is 19.3 Å². The third-order valence-corrected chi connectivity index (χ3v) is 9.83. The lowest BCUT2D eigenvalue weighted by Crippen LogP contribution is -2.55. The van der Waals surface area contributed by atoms with Crippen LogP contribution in [0.4, 0.5) is 0 Å². The van der Waals surface area contributed by atoms with Crippen molar-refractivity contribution in [3.63, 3.8) is 0 Å². The van der Waals surface area contributed by atoms with Crippen molar-refractivity contribution in [2.75, 3.05) is 0 Å². The summed E-state index contributed by atoms with van der Waals surface area (Å²) in [6, 6.07) is 0. The molecule has 0 aromatic heterocycles. The van der Waals surface area contributed by atoms with Crippen molar-refractivity contribution in [3.05, 3.63) is 0 Å². The Morgan fingerprint density at radius 2 is 0.767 bits per heavy atom. The van der Waals surface area contributed by atoms with Crippen molar-refractivity contribution in [1.82, 2.24) is 5.32 Å². The van der Waals surface area contributed by atoms with Crippen molar-refractivity contribution in [2.24, 2.45) is 11.8 Å². The fourth-order valence-electron chi connectivity index (χ4n) is 6.73. The Morgan fingerprint density at radius 1 is 0.465 bits per heavy atom. The quantitative estimate of drug-likeness (QED) is 0.0495. The molecule has 0 aliphatic heterocycles. The maximum Gasteiger partial charge on any atom is 0.120 e. The van der Waals surface area contributed by atoms with Crippen LogP contribution in [0.15, 0.2) is 0 Å². The molecule has 260 valence electrons. The van der Waals surface area contributed by atoms with Crippen LogP contribution in [0.3, 0.4) is 0 Å². The maximum absolute atomic E-state index is 11.7. The van der Waals surface area contributed by atoms with E-state index in [0.29, 0.717) is 12.3 Å². The van der Waals surface area contributed by atoms with Crippen LogP contribution < -0.4 is 5.32 Å². The lowest BCUT2D eigenvalue weighted by molar-refractivity contribution is -0.0965. The highest BCUT2D eigenvalue weighted by atomic mass is 16.3. The van der Waals surface area contributed by atoms with E-state index in [-0.39, 0.29) is 5.92 Å². The molecule has 0 aromatic rings. The van der Waals surface area contributed by atoms with Crippen LogP contribution in [0.1, 0.15) is 234 Å². The van der Waals surface area contributed by atoms with Gasteiger partial charge in [-0.15, -0.1) is 0 Å². The maximum atomic E-state index is 11.7. The van der Waals surface area contributed by atoms with E-state index >= 15 is 0 Å². The zero-order chi connectivity index (χ0) is 31.9. The first kappa shape index (κ1) is 42.9. The molecule has 3 N–H and O–H groups in total. The van der Waals surface area contributed by atoms with E-state index in [1.165, 1.54) is 173 Å². The minimum atomic E-state index is -0.956. The first-order chi connectivity index (χ1) is 20.9. The van der Waals surface area contributed by atoms with Gasteiger partial charge < -0.3 is 10.2 Å². The number of aliphatic hydroxyl groups excluding tert-OH is 1. The third kappa shape index (κ3) is 29.1. The Hall–Kier alpha value is -0.120. The molecule has 3 atom stereocenters. The normalized spacial score (nSPS) is 14.8. The van der Waals surface area contributed by atoms with E-state index in [9.17, 15) is 10.2 Å². The van der Waals surface area contributed by atoms with Crippen LogP contribution >= 0.6 is 0 Å². The van der Waals surface area contributed by atoms with Crippen molar-refractivity contribution >= 4 is 0 Å². The minimum Gasteiger partial charge on any atom is -0.379 e. The molecular weight excluding hydrogens is 526 g/mol. The van der Waals surface area contributed by atoms with E-state index < -0.39 is 12.0 Å². The summed E-state index contributed by atoms with van der Waals surface area (Å²) in [6.07, 6.45) is 40.0. The molecule has 0 saturated carbocycles. The number of rotatable bonds is 35. The molecular formula is C40H83NO2. The molecule has 0 heterocycles. The van der Waals surface area contributed by atoms with Crippen LogP contribution in [0, 0.1) is 11.8 Å². The monoisotopic (exact) mass is 610 g/mol. The van der Waals surface area contributed by atoms with Gasteiger partial charge in [0.1, 0.15) is 12.0 Å². The molecule has 0 spiro atoms. The van der Waals surface area contributed by atoms with Crippen molar-refractivity contribution < 1.29 is 10.2 Å². The second kappa shape index (κ2) is 31.8. The predicted molar refractivity (Wildman–Crippen MR) is 193 cm³/mol. The topological polar surface area (TPSA) is 52.5 Å². The Balaban J connectivity index is 4.07. The van der Waals surface area contributed by atoms with Crippen molar-refractivity contribution in [1.29, 1.82) is 0 Å². The summed E-state index contributed by atoms with van der Waals surface area (Å²) in [5.41, 5.74) is -0.956. The fourth-order valence-corrected chi connectivity index (χ4v) is 6.73. The lowest BCUT2D eigenvalue weighted by Gasteiger charge is -2.38. The van der Waals surface area contributed by atoms with Gasteiger partial charge >= 0.3 is 0 Å². The number of hydrogen-bond donors (Lipinski definition) is 3. The molecule has 0 aliphatic rings. The summed E-state index contributed by atoms with van der Waals surface area (Å²) < 4.78 is 0. The average Bonchev–Trinajstić information content (AvgIpc) is 2.96. The lowest BCUT2D eigenvalue weighted by atomic mass is 9.86. The third-order valence-electron chi connectivity index (χ3n) is 9.83. The molecule has 0 aliphatic carbocycles. The minimum absolute atomic E-state index is 0.161. The molecule has 0 aromatic carbocycles. The highest BCUT2D eigenvalue weighted by Crippen LogP contribution is 2.28. The van der Waals surface area contributed by atoms with E-state index in [4.69, 9.17) is 0 Å². The predicted octanol–water partition coefficient (Wildman–Crippen LogP) is 13.0. The summed E-state index contributed by atoms with van der Waals surface area (Å²) >= 11 is 0. The number of hydrogen-bond acceptors (Lipinski definition) is 3. The number of aliphatic hydroxyl groups is 2. The molecule has 3 unspecified atom stereocenters. The summed E-state index contributed by atoms with van der Waals surface area (Å²) in [6.45, 7) is 11.0. The first-order valence-electron chi connectivity index (χ1n) is 20.0. The van der Waals surface area contributed by atoms with Gasteiger partial charge in [0.15, 0.2) is 0 Å². The second-order valence-corrected chi connectivity index (χ2v) is 14.8. The van der Waals surface area contributed by atoms with Gasteiger partial charge in [-0.05, 0) is 37.5 Å². The molecule has 0 bridgehead atoms. The highest BCUT2D eigenvalue weighted by Gasteiger charge is 2.34. The van der Waals surface area contributed by atoms with E-state index in [1.54, 1.807) is 0 Å². The van der Waals surface area contributed by atoms with Crippen molar-refractivity contribution in [3.8, 4) is 0 Å². The highest BCUT2D eigenvalue weighted by molar-refractivity contribution is 4.83. The number of unbranched alkanes of at least 4 members (excludes halogenated alkanes) is 26. The molecule has 3 heteroatoms. The van der Waals surface area contributed by atoms with E-state index in [2.05, 4.69) is 39.9 Å². The molecule has 0 amide bonds. The molecule has 0 rings (SSSR count). The molecule has 0 fully saturated rings. The van der Waals surface area contributed by atoms with Gasteiger partial charge in [0, 0.05) is 0 Å². The fraction of sp³-hybridized carbons (Fsp3) is 1.00. The Kier molecular flexibility index (Phi) is 31.8. The van der Waals surface area contributed by atoms with Crippen LogP contribution in [0.5, 0.6) is 0 Å².